The van der Waals surface area contributed by atoms with Gasteiger partial charge in [0.15, 0.2) is 11.6 Å². The predicted octanol–water partition coefficient (Wildman–Crippen LogP) is 4.83. The van der Waals surface area contributed by atoms with Crippen molar-refractivity contribution in [1.29, 1.82) is 10.5 Å². The van der Waals surface area contributed by atoms with E-state index in [1.165, 1.54) is 12.4 Å². The van der Waals surface area contributed by atoms with Gasteiger partial charge >= 0.3 is 0 Å². The molecular weight excluding hydrogens is 376 g/mol. The number of aryl methyl sites for hydroxylation is 2. The Hall–Kier alpha value is -4.56. The standard InChI is InChI=1S/C22H16N8/c1-15-3-7-19(8-4-15)29-21(17(11-23)13-25-29)27-28-22-18(12-24)14-26-30(22)20-9-5-16(2)6-10-20/h3-10,13-14H,1-2H3/b28-27+. The summed E-state index contributed by atoms with van der Waals surface area (Å²) >= 11 is 0. The van der Waals surface area contributed by atoms with Gasteiger partial charge in [0.1, 0.15) is 23.3 Å². The van der Waals surface area contributed by atoms with E-state index in [-0.39, 0.29) is 22.8 Å². The van der Waals surface area contributed by atoms with Crippen molar-refractivity contribution in [2.75, 3.05) is 0 Å². The highest BCUT2D eigenvalue weighted by Gasteiger charge is 2.15. The Labute approximate surface area is 173 Å². The van der Waals surface area contributed by atoms with Crippen LogP contribution in [0.3, 0.4) is 0 Å². The topological polar surface area (TPSA) is 108 Å². The minimum atomic E-state index is 0.277. The average Bonchev–Trinajstić information content (AvgIpc) is 3.36. The number of benzene rings is 2. The monoisotopic (exact) mass is 392 g/mol. The van der Waals surface area contributed by atoms with E-state index in [4.69, 9.17) is 0 Å². The fraction of sp³-hybridized carbons (Fsp3) is 0.0909. The van der Waals surface area contributed by atoms with Crippen LogP contribution in [0, 0.1) is 36.5 Å². The average molecular weight is 392 g/mol. The number of azo groups is 1. The fourth-order valence-corrected chi connectivity index (χ4v) is 2.88. The smallest absolute Gasteiger partial charge is 0.195 e. The minimum absolute atomic E-state index is 0.277. The van der Waals surface area contributed by atoms with Crippen molar-refractivity contribution in [3.63, 3.8) is 0 Å². The van der Waals surface area contributed by atoms with E-state index in [0.717, 1.165) is 22.5 Å². The highest BCUT2D eigenvalue weighted by molar-refractivity contribution is 5.55. The van der Waals surface area contributed by atoms with Gasteiger partial charge in [0.25, 0.3) is 0 Å². The summed E-state index contributed by atoms with van der Waals surface area (Å²) in [6, 6.07) is 19.5. The van der Waals surface area contributed by atoms with Gasteiger partial charge in [0.2, 0.25) is 0 Å². The molecule has 8 nitrogen and oxygen atoms in total. The SMILES string of the molecule is Cc1ccc(-n2ncc(C#N)c2/N=N/c2c(C#N)cnn2-c2ccc(C)cc2)cc1. The van der Waals surface area contributed by atoms with Gasteiger partial charge in [-0.3, -0.25) is 0 Å². The predicted molar refractivity (Wildman–Crippen MR) is 110 cm³/mol. The Morgan fingerprint density at radius 1 is 0.667 bits per heavy atom. The summed E-state index contributed by atoms with van der Waals surface area (Å²) in [7, 11) is 0. The molecule has 0 amide bonds. The number of rotatable bonds is 4. The molecule has 4 rings (SSSR count). The summed E-state index contributed by atoms with van der Waals surface area (Å²) in [5, 5.41) is 36.0. The van der Waals surface area contributed by atoms with E-state index >= 15 is 0 Å². The number of aromatic nitrogens is 4. The Bertz CT molecular complexity index is 1210. The summed E-state index contributed by atoms with van der Waals surface area (Å²) < 4.78 is 3.08. The lowest BCUT2D eigenvalue weighted by atomic mass is 10.2. The molecule has 0 unspecified atom stereocenters. The molecule has 0 atom stereocenters. The third-order valence-corrected chi connectivity index (χ3v) is 4.53. The maximum atomic E-state index is 9.46. The zero-order valence-corrected chi connectivity index (χ0v) is 16.4. The maximum absolute atomic E-state index is 9.46. The first-order valence-electron chi connectivity index (χ1n) is 9.13. The molecule has 0 bridgehead atoms. The molecule has 0 aliphatic rings. The quantitative estimate of drug-likeness (QED) is 0.463. The van der Waals surface area contributed by atoms with E-state index in [1.807, 2.05) is 62.4 Å². The molecule has 2 aromatic carbocycles. The molecule has 8 heteroatoms. The zero-order chi connectivity index (χ0) is 21.1. The van der Waals surface area contributed by atoms with Gasteiger partial charge < -0.3 is 0 Å². The van der Waals surface area contributed by atoms with Gasteiger partial charge in [0.05, 0.1) is 23.8 Å². The van der Waals surface area contributed by atoms with Crippen LogP contribution in [0.5, 0.6) is 0 Å². The Morgan fingerprint density at radius 3 is 1.37 bits per heavy atom. The number of hydrogen-bond donors (Lipinski definition) is 0. The summed E-state index contributed by atoms with van der Waals surface area (Å²) in [6.07, 6.45) is 2.88. The lowest BCUT2D eigenvalue weighted by Gasteiger charge is -2.05. The van der Waals surface area contributed by atoms with Crippen LogP contribution in [-0.2, 0) is 0 Å². The van der Waals surface area contributed by atoms with Crippen molar-refractivity contribution in [3.8, 4) is 23.5 Å². The van der Waals surface area contributed by atoms with Crippen LogP contribution in [0.4, 0.5) is 11.6 Å². The summed E-state index contributed by atoms with van der Waals surface area (Å²) in [6.45, 7) is 3.98. The molecule has 0 fully saturated rings. The van der Waals surface area contributed by atoms with Crippen LogP contribution < -0.4 is 0 Å². The van der Waals surface area contributed by atoms with E-state index in [9.17, 15) is 10.5 Å². The molecular formula is C22H16N8. The zero-order valence-electron chi connectivity index (χ0n) is 16.4. The molecule has 144 valence electrons. The Balaban J connectivity index is 1.80. The molecule has 0 saturated carbocycles. The van der Waals surface area contributed by atoms with Gasteiger partial charge in [-0.1, -0.05) is 35.4 Å². The van der Waals surface area contributed by atoms with Crippen LogP contribution in [0.2, 0.25) is 0 Å². The van der Waals surface area contributed by atoms with Gasteiger partial charge in [-0.2, -0.15) is 20.7 Å². The second kappa shape index (κ2) is 7.82. The molecule has 4 aromatic rings. The summed E-state index contributed by atoms with van der Waals surface area (Å²) in [4.78, 5) is 0. The van der Waals surface area contributed by atoms with E-state index in [0.29, 0.717) is 0 Å². The highest BCUT2D eigenvalue weighted by atomic mass is 15.4. The summed E-state index contributed by atoms with van der Waals surface area (Å²) in [5.41, 5.74) is 4.27. The normalized spacial score (nSPS) is 10.8. The second-order valence-corrected chi connectivity index (χ2v) is 6.68. The van der Waals surface area contributed by atoms with Crippen LogP contribution in [0.15, 0.2) is 71.2 Å². The summed E-state index contributed by atoms with van der Waals surface area (Å²) in [5.74, 6) is 0.559. The molecule has 0 spiro atoms. The number of hydrogen-bond acceptors (Lipinski definition) is 6. The van der Waals surface area contributed by atoms with E-state index in [1.54, 1.807) is 9.36 Å². The second-order valence-electron chi connectivity index (χ2n) is 6.68. The first-order chi connectivity index (χ1) is 14.6. The molecule has 2 aromatic heterocycles. The maximum Gasteiger partial charge on any atom is 0.195 e. The lowest BCUT2D eigenvalue weighted by molar-refractivity contribution is 0.849. The first kappa shape index (κ1) is 18.8. The van der Waals surface area contributed by atoms with Crippen molar-refractivity contribution >= 4 is 11.6 Å². The lowest BCUT2D eigenvalue weighted by Crippen LogP contribution is -1.97. The molecule has 30 heavy (non-hydrogen) atoms. The van der Waals surface area contributed by atoms with Crippen molar-refractivity contribution in [2.45, 2.75) is 13.8 Å². The Morgan fingerprint density at radius 2 is 1.03 bits per heavy atom. The third-order valence-electron chi connectivity index (χ3n) is 4.53. The molecule has 0 aliphatic heterocycles. The van der Waals surface area contributed by atoms with Crippen molar-refractivity contribution in [3.05, 3.63) is 83.2 Å². The molecule has 0 N–H and O–H groups in total. The van der Waals surface area contributed by atoms with Crippen LogP contribution >= 0.6 is 0 Å². The number of nitriles is 2. The van der Waals surface area contributed by atoms with Crippen molar-refractivity contribution in [2.24, 2.45) is 10.2 Å². The van der Waals surface area contributed by atoms with Gasteiger partial charge in [-0.05, 0) is 38.1 Å². The van der Waals surface area contributed by atoms with Crippen LogP contribution in [0.1, 0.15) is 22.3 Å². The fourth-order valence-electron chi connectivity index (χ4n) is 2.88. The highest BCUT2D eigenvalue weighted by Crippen LogP contribution is 2.28. The third kappa shape index (κ3) is 3.46. The van der Waals surface area contributed by atoms with Gasteiger partial charge in [-0.25, -0.2) is 9.36 Å². The first-order valence-corrected chi connectivity index (χ1v) is 9.13. The molecule has 0 saturated heterocycles. The van der Waals surface area contributed by atoms with Crippen molar-refractivity contribution < 1.29 is 0 Å². The van der Waals surface area contributed by atoms with Crippen LogP contribution in [0.25, 0.3) is 11.4 Å². The van der Waals surface area contributed by atoms with Gasteiger partial charge in [0, 0.05) is 0 Å². The van der Waals surface area contributed by atoms with E-state index < -0.39 is 0 Å². The van der Waals surface area contributed by atoms with E-state index in [2.05, 4.69) is 32.6 Å². The largest absolute Gasteiger partial charge is 0.212 e. The molecule has 2 heterocycles. The molecule has 0 radical (unpaired) electrons. The van der Waals surface area contributed by atoms with Gasteiger partial charge in [-0.15, -0.1) is 10.2 Å². The number of nitrogens with zero attached hydrogens (tertiary/aromatic N) is 8. The molecule has 0 aliphatic carbocycles. The van der Waals surface area contributed by atoms with Crippen LogP contribution in [-0.4, -0.2) is 19.6 Å². The Kier molecular flexibility index (Phi) is 4.90. The minimum Gasteiger partial charge on any atom is -0.212 e. The van der Waals surface area contributed by atoms with Crippen molar-refractivity contribution in [1.82, 2.24) is 19.6 Å².